The Bertz CT molecular complexity index is 1560. The lowest BCUT2D eigenvalue weighted by molar-refractivity contribution is 0.00706. The Hall–Kier alpha value is -3.97. The number of rotatable bonds is 5. The number of benzene rings is 1. The molecular formula is C24H19ClN8O4. The first-order valence-corrected chi connectivity index (χ1v) is 11.9. The van der Waals surface area contributed by atoms with Crippen molar-refractivity contribution < 1.29 is 19.3 Å². The predicted octanol–water partition coefficient (Wildman–Crippen LogP) is 2.22. The van der Waals surface area contributed by atoms with Crippen LogP contribution in [-0.4, -0.2) is 82.9 Å². The third-order valence-electron chi connectivity index (χ3n) is 6.47. The van der Waals surface area contributed by atoms with E-state index < -0.39 is 6.10 Å². The van der Waals surface area contributed by atoms with Crippen LogP contribution in [0.4, 0.5) is 0 Å². The van der Waals surface area contributed by atoms with Gasteiger partial charge in [0, 0.05) is 17.3 Å². The number of ether oxygens (including phenoxy) is 3. The van der Waals surface area contributed by atoms with Crippen LogP contribution in [0.3, 0.4) is 0 Å². The van der Waals surface area contributed by atoms with Crippen molar-refractivity contribution in [3.63, 3.8) is 0 Å². The Kier molecular flexibility index (Phi) is 5.32. The van der Waals surface area contributed by atoms with Crippen LogP contribution in [0, 0.1) is 0 Å². The summed E-state index contributed by atoms with van der Waals surface area (Å²) in [4.78, 5) is 16.7. The van der Waals surface area contributed by atoms with Gasteiger partial charge in [-0.05, 0) is 34.2 Å². The summed E-state index contributed by atoms with van der Waals surface area (Å²) in [5.74, 6) is 0.630. The molecule has 1 aromatic carbocycles. The van der Waals surface area contributed by atoms with Gasteiger partial charge in [-0.1, -0.05) is 35.9 Å². The van der Waals surface area contributed by atoms with E-state index >= 15 is 0 Å². The summed E-state index contributed by atoms with van der Waals surface area (Å²) < 4.78 is 18.7. The Morgan fingerprint density at radius 2 is 1.81 bits per heavy atom. The number of hydrogen-bond acceptors (Lipinski definition) is 10. The van der Waals surface area contributed by atoms with Gasteiger partial charge in [0.25, 0.3) is 6.01 Å². The first-order chi connectivity index (χ1) is 18.1. The predicted molar refractivity (Wildman–Crippen MR) is 130 cm³/mol. The standard InChI is InChI=1S/C24H19ClN8O4/c25-15-7-16-23(30-24(28-16)37-18-10-36-21-17(34)9-35-22(18)21)29-20(15)13-3-1-12(2-4-13)14-5-6-19(26-8-14)33-11-27-31-32-33/h1-8,11,17-18,21-22,34H,9-10H2,(H,28,29,30)/t17-,18-,21-,22-/m1/s1. The molecule has 4 atom stereocenters. The topological polar surface area (TPSA) is 146 Å². The van der Waals surface area contributed by atoms with Crippen LogP contribution in [0.1, 0.15) is 0 Å². The van der Waals surface area contributed by atoms with Crippen molar-refractivity contribution in [3.05, 3.63) is 60.0 Å². The Labute approximate surface area is 214 Å². The Morgan fingerprint density at radius 1 is 1.00 bits per heavy atom. The van der Waals surface area contributed by atoms with Gasteiger partial charge in [0.2, 0.25) is 0 Å². The molecule has 0 unspecified atom stereocenters. The van der Waals surface area contributed by atoms with E-state index in [9.17, 15) is 5.11 Å². The van der Waals surface area contributed by atoms with Crippen molar-refractivity contribution in [3.8, 4) is 34.2 Å². The summed E-state index contributed by atoms with van der Waals surface area (Å²) in [5.41, 5.74) is 4.52. The number of tetrazole rings is 1. The van der Waals surface area contributed by atoms with Crippen LogP contribution < -0.4 is 4.74 Å². The minimum Gasteiger partial charge on any atom is -0.456 e. The average molecular weight is 519 g/mol. The minimum absolute atomic E-state index is 0.233. The van der Waals surface area contributed by atoms with E-state index in [1.807, 2.05) is 36.4 Å². The molecule has 2 fully saturated rings. The summed E-state index contributed by atoms with van der Waals surface area (Å²) in [6.07, 6.45) is 1.53. The van der Waals surface area contributed by atoms with Gasteiger partial charge in [-0.25, -0.2) is 9.97 Å². The molecule has 0 bridgehead atoms. The van der Waals surface area contributed by atoms with Crippen molar-refractivity contribution in [2.45, 2.75) is 24.4 Å². The molecule has 7 rings (SSSR count). The maximum Gasteiger partial charge on any atom is 0.296 e. The molecule has 0 radical (unpaired) electrons. The van der Waals surface area contributed by atoms with E-state index in [4.69, 9.17) is 25.8 Å². The number of pyridine rings is 2. The van der Waals surface area contributed by atoms with Gasteiger partial charge in [0.1, 0.15) is 24.6 Å². The minimum atomic E-state index is -0.642. The number of aliphatic hydroxyl groups is 1. The molecule has 0 amide bonds. The fourth-order valence-electron chi connectivity index (χ4n) is 4.62. The summed E-state index contributed by atoms with van der Waals surface area (Å²) in [5, 5.41) is 21.5. The first kappa shape index (κ1) is 22.2. The number of halogens is 1. The molecule has 37 heavy (non-hydrogen) atoms. The number of nitrogens with zero attached hydrogens (tertiary/aromatic N) is 7. The number of aromatic nitrogens is 8. The van der Waals surface area contributed by atoms with Crippen molar-refractivity contribution in [2.75, 3.05) is 13.2 Å². The number of aromatic amines is 1. The fraction of sp³-hybridized carbons (Fsp3) is 0.250. The summed E-state index contributed by atoms with van der Waals surface area (Å²) in [6, 6.07) is 13.7. The highest BCUT2D eigenvalue weighted by Gasteiger charge is 2.48. The molecule has 5 aromatic rings. The normalized spacial score (nSPS) is 23.0. The van der Waals surface area contributed by atoms with Gasteiger partial charge >= 0.3 is 0 Å². The zero-order chi connectivity index (χ0) is 24.9. The lowest BCUT2D eigenvalue weighted by atomic mass is 10.0. The molecule has 6 heterocycles. The largest absolute Gasteiger partial charge is 0.456 e. The molecule has 0 saturated carbocycles. The highest BCUT2D eigenvalue weighted by Crippen LogP contribution is 2.33. The summed E-state index contributed by atoms with van der Waals surface area (Å²) >= 11 is 6.58. The zero-order valence-corrected chi connectivity index (χ0v) is 19.9. The van der Waals surface area contributed by atoms with E-state index in [1.165, 1.54) is 11.0 Å². The second-order valence-electron chi connectivity index (χ2n) is 8.79. The highest BCUT2D eigenvalue weighted by atomic mass is 35.5. The lowest BCUT2D eigenvalue weighted by Crippen LogP contribution is -2.34. The lowest BCUT2D eigenvalue weighted by Gasteiger charge is -2.15. The van der Waals surface area contributed by atoms with E-state index in [0.29, 0.717) is 40.3 Å². The molecule has 2 aliphatic rings. The third kappa shape index (κ3) is 4.00. The quantitative estimate of drug-likeness (QED) is 0.355. The number of nitrogens with one attached hydrogen (secondary N) is 1. The van der Waals surface area contributed by atoms with Crippen LogP contribution in [0.2, 0.25) is 5.02 Å². The Morgan fingerprint density at radius 3 is 2.59 bits per heavy atom. The van der Waals surface area contributed by atoms with Gasteiger partial charge in [0.15, 0.2) is 17.6 Å². The number of hydrogen-bond donors (Lipinski definition) is 2. The molecule has 4 aromatic heterocycles. The maximum absolute atomic E-state index is 9.93. The molecule has 12 nitrogen and oxygen atoms in total. The van der Waals surface area contributed by atoms with Crippen molar-refractivity contribution >= 4 is 22.8 Å². The fourth-order valence-corrected chi connectivity index (χ4v) is 4.88. The molecule has 0 aliphatic carbocycles. The van der Waals surface area contributed by atoms with Crippen LogP contribution in [-0.2, 0) is 9.47 Å². The highest BCUT2D eigenvalue weighted by molar-refractivity contribution is 6.33. The van der Waals surface area contributed by atoms with Crippen LogP contribution >= 0.6 is 11.6 Å². The number of H-pyrrole nitrogens is 1. The van der Waals surface area contributed by atoms with Crippen molar-refractivity contribution in [1.29, 1.82) is 0 Å². The smallest absolute Gasteiger partial charge is 0.296 e. The van der Waals surface area contributed by atoms with E-state index in [-0.39, 0.29) is 24.9 Å². The third-order valence-corrected chi connectivity index (χ3v) is 6.76. The van der Waals surface area contributed by atoms with Gasteiger partial charge in [-0.15, -0.1) is 5.10 Å². The van der Waals surface area contributed by atoms with E-state index in [0.717, 1.165) is 16.7 Å². The molecule has 13 heteroatoms. The molecule has 0 spiro atoms. The van der Waals surface area contributed by atoms with Crippen LogP contribution in [0.15, 0.2) is 55.0 Å². The van der Waals surface area contributed by atoms with Crippen LogP contribution in [0.25, 0.3) is 39.4 Å². The second kappa shape index (κ2) is 8.85. The molecule has 2 N–H and O–H groups in total. The van der Waals surface area contributed by atoms with Crippen LogP contribution in [0.5, 0.6) is 6.01 Å². The molecule has 2 saturated heterocycles. The molecule has 2 aliphatic heterocycles. The SMILES string of the molecule is O[C@@H]1CO[C@H]2[C@@H]1OC[C@H]2Oc1nc2nc(-c3ccc(-c4ccc(-n5cnnn5)nc4)cc3)c(Cl)cc2[nH]1. The number of imidazole rings is 1. The van der Waals surface area contributed by atoms with Gasteiger partial charge in [0.05, 0.1) is 29.4 Å². The average Bonchev–Trinajstić information content (AvgIpc) is 3.71. The van der Waals surface area contributed by atoms with Gasteiger partial charge < -0.3 is 24.3 Å². The maximum atomic E-state index is 9.93. The first-order valence-electron chi connectivity index (χ1n) is 11.6. The van der Waals surface area contributed by atoms with Gasteiger partial charge in [-0.2, -0.15) is 9.67 Å². The van der Waals surface area contributed by atoms with E-state index in [2.05, 4.69) is 35.5 Å². The number of fused-ring (bicyclic) bond motifs is 2. The molecule has 186 valence electrons. The van der Waals surface area contributed by atoms with Gasteiger partial charge in [-0.3, -0.25) is 0 Å². The monoisotopic (exact) mass is 518 g/mol. The second-order valence-corrected chi connectivity index (χ2v) is 9.20. The Balaban J connectivity index is 1.11. The summed E-state index contributed by atoms with van der Waals surface area (Å²) in [6.45, 7) is 0.544. The van der Waals surface area contributed by atoms with E-state index in [1.54, 1.807) is 12.3 Å². The molecular weight excluding hydrogens is 500 g/mol. The number of aliphatic hydroxyl groups excluding tert-OH is 1. The summed E-state index contributed by atoms with van der Waals surface area (Å²) in [7, 11) is 0. The van der Waals surface area contributed by atoms with Crippen molar-refractivity contribution in [2.24, 2.45) is 0 Å². The zero-order valence-electron chi connectivity index (χ0n) is 19.1. The van der Waals surface area contributed by atoms with Crippen molar-refractivity contribution in [1.82, 2.24) is 40.1 Å².